The van der Waals surface area contributed by atoms with Gasteiger partial charge in [0.25, 0.3) is 0 Å². The number of hydrogen-bond acceptors (Lipinski definition) is 0. The zero-order chi connectivity index (χ0) is 29.0. The molecular weight excluding hydrogens is 528 g/mol. The van der Waals surface area contributed by atoms with E-state index in [1.54, 1.807) is 0 Å². The van der Waals surface area contributed by atoms with Gasteiger partial charge in [0.2, 0.25) is 0 Å². The minimum atomic E-state index is 1.22. The van der Waals surface area contributed by atoms with E-state index in [9.17, 15) is 0 Å². The Morgan fingerprint density at radius 3 is 1.16 bits per heavy atom. The summed E-state index contributed by atoms with van der Waals surface area (Å²) in [5.74, 6) is 0. The van der Waals surface area contributed by atoms with Gasteiger partial charge < -0.3 is 0 Å². The van der Waals surface area contributed by atoms with Crippen LogP contribution in [0.15, 0.2) is 170 Å². The van der Waals surface area contributed by atoms with E-state index in [2.05, 4.69) is 170 Å². The monoisotopic (exact) mass is 556 g/mol. The Bertz CT molecular complexity index is 2350. The van der Waals surface area contributed by atoms with E-state index in [1.165, 1.54) is 87.6 Å². The van der Waals surface area contributed by atoms with Crippen molar-refractivity contribution in [2.75, 3.05) is 0 Å². The summed E-state index contributed by atoms with van der Waals surface area (Å²) >= 11 is 0. The molecule has 0 saturated heterocycles. The molecule has 9 aromatic rings. The van der Waals surface area contributed by atoms with Crippen LogP contribution in [0.3, 0.4) is 0 Å². The van der Waals surface area contributed by atoms with Crippen LogP contribution in [-0.4, -0.2) is 0 Å². The van der Waals surface area contributed by atoms with Crippen molar-refractivity contribution in [1.29, 1.82) is 0 Å². The fourth-order valence-electron chi connectivity index (χ4n) is 7.10. The predicted molar refractivity (Wildman–Crippen MR) is 189 cm³/mol. The molecule has 0 spiro atoms. The van der Waals surface area contributed by atoms with Crippen LogP contribution in [0.25, 0.3) is 87.6 Å². The number of fused-ring (bicyclic) bond motifs is 1. The predicted octanol–water partition coefficient (Wildman–Crippen LogP) is 12.4. The third-order valence-corrected chi connectivity index (χ3v) is 9.15. The smallest absolute Gasteiger partial charge is 0.00264 e. The summed E-state index contributed by atoms with van der Waals surface area (Å²) < 4.78 is 0. The topological polar surface area (TPSA) is 0 Å². The Morgan fingerprint density at radius 1 is 0.227 bits per heavy atom. The Kier molecular flexibility index (Phi) is 5.61. The number of rotatable bonds is 4. The minimum absolute atomic E-state index is 1.22. The molecule has 204 valence electrons. The normalized spacial score (nSPS) is 11.6. The number of hydrogen-bond donors (Lipinski definition) is 0. The third-order valence-electron chi connectivity index (χ3n) is 9.15. The van der Waals surface area contributed by atoms with Gasteiger partial charge in [-0.2, -0.15) is 0 Å². The summed E-state index contributed by atoms with van der Waals surface area (Å²) in [6.07, 6.45) is 0. The van der Waals surface area contributed by atoms with Crippen molar-refractivity contribution in [1.82, 2.24) is 0 Å². The van der Waals surface area contributed by atoms with Crippen molar-refractivity contribution in [3.63, 3.8) is 0 Å². The van der Waals surface area contributed by atoms with Crippen molar-refractivity contribution in [2.24, 2.45) is 0 Å². The fraction of sp³-hybridized carbons (Fsp3) is 0. The van der Waals surface area contributed by atoms with Crippen molar-refractivity contribution in [3.05, 3.63) is 170 Å². The molecule has 0 radical (unpaired) electrons. The average molecular weight is 557 g/mol. The van der Waals surface area contributed by atoms with Crippen LogP contribution in [0, 0.1) is 0 Å². The van der Waals surface area contributed by atoms with Gasteiger partial charge in [-0.15, -0.1) is 0 Å². The van der Waals surface area contributed by atoms with Crippen molar-refractivity contribution in [2.45, 2.75) is 0 Å². The van der Waals surface area contributed by atoms with E-state index in [0.29, 0.717) is 0 Å². The molecule has 0 aromatic heterocycles. The first kappa shape index (κ1) is 24.8. The zero-order valence-corrected chi connectivity index (χ0v) is 24.2. The molecule has 0 aliphatic carbocycles. The van der Waals surface area contributed by atoms with Gasteiger partial charge in [0.05, 0.1) is 0 Å². The quantitative estimate of drug-likeness (QED) is 0.189. The largest absolute Gasteiger partial charge is 0.0622 e. The van der Waals surface area contributed by atoms with Crippen LogP contribution in [0.2, 0.25) is 0 Å². The second kappa shape index (κ2) is 9.93. The summed E-state index contributed by atoms with van der Waals surface area (Å²) in [7, 11) is 0. The minimum Gasteiger partial charge on any atom is -0.0622 e. The number of benzene rings is 9. The summed E-state index contributed by atoms with van der Waals surface area (Å²) in [4.78, 5) is 0. The van der Waals surface area contributed by atoms with Crippen LogP contribution >= 0.6 is 0 Å². The lowest BCUT2D eigenvalue weighted by molar-refractivity contribution is 1.57. The lowest BCUT2D eigenvalue weighted by Gasteiger charge is -2.16. The molecule has 0 amide bonds. The van der Waals surface area contributed by atoms with Gasteiger partial charge >= 0.3 is 0 Å². The highest BCUT2D eigenvalue weighted by atomic mass is 14.2. The molecular formula is C44H28. The highest BCUT2D eigenvalue weighted by Gasteiger charge is 2.14. The lowest BCUT2D eigenvalue weighted by atomic mass is 9.88. The van der Waals surface area contributed by atoms with E-state index >= 15 is 0 Å². The standard InChI is InChI=1S/C44H28/c1-3-10-29(11-4-1)35-26-36(30-12-5-2-6-13-30)28-38(27-35)40-17-9-18-41-39(16-8-19-42(40)41)37-24-33-22-20-31-14-7-15-32-21-23-34(25-37)44(33)43(31)32/h1-28H. The molecule has 0 N–H and O–H groups in total. The van der Waals surface area contributed by atoms with Crippen molar-refractivity contribution >= 4 is 43.1 Å². The van der Waals surface area contributed by atoms with Crippen LogP contribution < -0.4 is 0 Å². The summed E-state index contributed by atoms with van der Waals surface area (Å²) in [6.45, 7) is 0. The first-order valence-corrected chi connectivity index (χ1v) is 15.3. The lowest BCUT2D eigenvalue weighted by Crippen LogP contribution is -1.89. The Labute approximate surface area is 256 Å². The van der Waals surface area contributed by atoms with Gasteiger partial charge in [0.15, 0.2) is 0 Å². The zero-order valence-electron chi connectivity index (χ0n) is 24.2. The Morgan fingerprint density at radius 2 is 0.636 bits per heavy atom. The molecule has 9 aromatic carbocycles. The van der Waals surface area contributed by atoms with Crippen molar-refractivity contribution in [3.8, 4) is 44.5 Å². The molecule has 0 aliphatic rings. The van der Waals surface area contributed by atoms with Gasteiger partial charge in [-0.3, -0.25) is 0 Å². The van der Waals surface area contributed by atoms with E-state index in [0.717, 1.165) is 0 Å². The maximum Gasteiger partial charge on any atom is -0.00264 e. The van der Waals surface area contributed by atoms with E-state index in [1.807, 2.05) is 0 Å². The molecule has 0 fully saturated rings. The molecule has 0 heteroatoms. The molecule has 44 heavy (non-hydrogen) atoms. The molecule has 0 atom stereocenters. The highest BCUT2D eigenvalue weighted by Crippen LogP contribution is 2.41. The molecule has 0 aliphatic heterocycles. The first-order chi connectivity index (χ1) is 21.8. The molecule has 0 unspecified atom stereocenters. The SMILES string of the molecule is c1ccc(-c2cc(-c3ccccc3)cc(-c3cccc4c(-c5cc6ccc7cccc8ccc(c5)c6c78)cccc34)c2)cc1. The second-order valence-electron chi connectivity index (χ2n) is 11.7. The van der Waals surface area contributed by atoms with Gasteiger partial charge in [-0.1, -0.05) is 140 Å². The van der Waals surface area contributed by atoms with Crippen LogP contribution in [0.1, 0.15) is 0 Å². The average Bonchev–Trinajstić information content (AvgIpc) is 3.10. The van der Waals surface area contributed by atoms with E-state index < -0.39 is 0 Å². The molecule has 0 nitrogen and oxygen atoms in total. The van der Waals surface area contributed by atoms with Gasteiger partial charge in [-0.25, -0.2) is 0 Å². The maximum atomic E-state index is 2.37. The molecule has 9 rings (SSSR count). The van der Waals surface area contributed by atoms with Gasteiger partial charge in [0, 0.05) is 0 Å². The molecule has 0 saturated carbocycles. The van der Waals surface area contributed by atoms with Crippen LogP contribution in [-0.2, 0) is 0 Å². The van der Waals surface area contributed by atoms with E-state index in [-0.39, 0.29) is 0 Å². The molecule has 0 heterocycles. The summed E-state index contributed by atoms with van der Waals surface area (Å²) in [6, 6.07) is 62.4. The van der Waals surface area contributed by atoms with E-state index in [4.69, 9.17) is 0 Å². The van der Waals surface area contributed by atoms with Crippen LogP contribution in [0.5, 0.6) is 0 Å². The first-order valence-electron chi connectivity index (χ1n) is 15.3. The fourth-order valence-corrected chi connectivity index (χ4v) is 7.10. The summed E-state index contributed by atoms with van der Waals surface area (Å²) in [5.41, 5.74) is 9.88. The van der Waals surface area contributed by atoms with Gasteiger partial charge in [0.1, 0.15) is 0 Å². The highest BCUT2D eigenvalue weighted by molar-refractivity contribution is 6.24. The maximum absolute atomic E-state index is 2.37. The second-order valence-corrected chi connectivity index (χ2v) is 11.7. The van der Waals surface area contributed by atoms with Gasteiger partial charge in [-0.05, 0) is 118 Å². The Hall–Kier alpha value is -5.72. The Balaban J connectivity index is 1.26. The van der Waals surface area contributed by atoms with Crippen LogP contribution in [0.4, 0.5) is 0 Å². The molecule has 0 bridgehead atoms. The third kappa shape index (κ3) is 4.00. The van der Waals surface area contributed by atoms with Crippen molar-refractivity contribution < 1.29 is 0 Å². The summed E-state index contributed by atoms with van der Waals surface area (Å²) in [5, 5.41) is 10.4.